The van der Waals surface area contributed by atoms with Crippen LogP contribution >= 0.6 is 11.3 Å². The van der Waals surface area contributed by atoms with Crippen molar-refractivity contribution in [1.82, 2.24) is 19.8 Å². The Labute approximate surface area is 189 Å². The first-order chi connectivity index (χ1) is 15.5. The van der Waals surface area contributed by atoms with Gasteiger partial charge in [0.25, 0.3) is 0 Å². The molecule has 2 saturated heterocycles. The summed E-state index contributed by atoms with van der Waals surface area (Å²) in [6.45, 7) is 7.93. The van der Waals surface area contributed by atoms with Gasteiger partial charge in [0.2, 0.25) is 5.91 Å². The largest absolute Gasteiger partial charge is 0.379 e. The van der Waals surface area contributed by atoms with Gasteiger partial charge < -0.3 is 15.4 Å². The first-order valence-electron chi connectivity index (χ1n) is 10.7. The number of fused-ring (bicyclic) bond motifs is 1. The molecule has 0 saturated carbocycles. The number of halogens is 1. The number of rotatable bonds is 7. The van der Waals surface area contributed by atoms with Crippen LogP contribution in [0.15, 0.2) is 30.3 Å². The smallest absolute Gasteiger partial charge is 0.244 e. The number of hydrogen-bond donors (Lipinski definition) is 2. The van der Waals surface area contributed by atoms with E-state index in [-0.39, 0.29) is 17.8 Å². The Hall–Kier alpha value is -2.66. The first kappa shape index (κ1) is 21.2. The fraction of sp³-hybridized carbons (Fsp3) is 0.409. The van der Waals surface area contributed by atoms with Gasteiger partial charge in [0, 0.05) is 32.7 Å². The highest BCUT2D eigenvalue weighted by molar-refractivity contribution is 7.22. The van der Waals surface area contributed by atoms with Gasteiger partial charge in [0.05, 0.1) is 18.9 Å². The molecule has 2 aliphatic heterocycles. The molecular weight excluding hydrogens is 431 g/mol. The molecule has 2 aliphatic rings. The van der Waals surface area contributed by atoms with Gasteiger partial charge in [-0.25, -0.2) is 14.4 Å². The highest BCUT2D eigenvalue weighted by Gasteiger charge is 2.40. The van der Waals surface area contributed by atoms with Crippen LogP contribution in [0, 0.1) is 12.7 Å². The SMILES string of the molecule is Cc1ccc(Nc2ccc3nc(NC(=O)C4CN4CCN4CCOCC4)sc3n2)c(F)c1. The maximum atomic E-state index is 14.1. The average Bonchev–Trinajstić information content (AvgIpc) is 3.46. The van der Waals surface area contributed by atoms with E-state index in [9.17, 15) is 9.18 Å². The van der Waals surface area contributed by atoms with Crippen LogP contribution in [0.4, 0.5) is 21.0 Å². The second-order valence-electron chi connectivity index (χ2n) is 8.10. The Bertz CT molecular complexity index is 1130. The van der Waals surface area contributed by atoms with Crippen molar-refractivity contribution >= 4 is 44.2 Å². The van der Waals surface area contributed by atoms with Crippen LogP contribution in [-0.4, -0.2) is 77.7 Å². The second kappa shape index (κ2) is 9.07. The summed E-state index contributed by atoms with van der Waals surface area (Å²) in [6, 6.07) is 8.47. The van der Waals surface area contributed by atoms with Gasteiger partial charge in [-0.1, -0.05) is 17.4 Å². The first-order valence-corrected chi connectivity index (χ1v) is 11.5. The summed E-state index contributed by atoms with van der Waals surface area (Å²) >= 11 is 1.31. The van der Waals surface area contributed by atoms with E-state index in [1.807, 2.05) is 19.1 Å². The van der Waals surface area contributed by atoms with Gasteiger partial charge in [-0.15, -0.1) is 0 Å². The normalized spacial score (nSPS) is 20.9. The Morgan fingerprint density at radius 2 is 2.06 bits per heavy atom. The molecule has 5 rings (SSSR count). The number of morpholine rings is 1. The number of aromatic nitrogens is 2. The van der Waals surface area contributed by atoms with Gasteiger partial charge >= 0.3 is 0 Å². The Morgan fingerprint density at radius 1 is 1.22 bits per heavy atom. The van der Waals surface area contributed by atoms with Crippen LogP contribution in [-0.2, 0) is 9.53 Å². The maximum Gasteiger partial charge on any atom is 0.244 e. The zero-order valence-electron chi connectivity index (χ0n) is 17.8. The number of thiazole rings is 1. The van der Waals surface area contributed by atoms with Crippen molar-refractivity contribution < 1.29 is 13.9 Å². The molecule has 3 aromatic rings. The van der Waals surface area contributed by atoms with E-state index in [0.717, 1.165) is 51.5 Å². The van der Waals surface area contributed by atoms with Crippen molar-refractivity contribution in [2.24, 2.45) is 0 Å². The molecule has 1 amide bonds. The summed E-state index contributed by atoms with van der Waals surface area (Å²) in [6.07, 6.45) is 0. The fourth-order valence-corrected chi connectivity index (χ4v) is 4.59. The fourth-order valence-electron chi connectivity index (χ4n) is 3.75. The van der Waals surface area contributed by atoms with Crippen LogP contribution in [0.2, 0.25) is 0 Å². The van der Waals surface area contributed by atoms with E-state index in [1.165, 1.54) is 17.4 Å². The van der Waals surface area contributed by atoms with Gasteiger partial charge in [-0.2, -0.15) is 0 Å². The zero-order valence-corrected chi connectivity index (χ0v) is 18.6. The molecule has 0 bridgehead atoms. The molecule has 0 spiro atoms. The summed E-state index contributed by atoms with van der Waals surface area (Å²) in [7, 11) is 0. The van der Waals surface area contributed by atoms with Crippen LogP contribution < -0.4 is 10.6 Å². The molecule has 10 heteroatoms. The zero-order chi connectivity index (χ0) is 22.1. The summed E-state index contributed by atoms with van der Waals surface area (Å²) in [5.74, 6) is 0.163. The van der Waals surface area contributed by atoms with Gasteiger partial charge in [-0.05, 0) is 36.8 Å². The average molecular weight is 457 g/mol. The number of pyridine rings is 1. The third-order valence-corrected chi connectivity index (χ3v) is 6.58. The lowest BCUT2D eigenvalue weighted by Crippen LogP contribution is -2.39. The van der Waals surface area contributed by atoms with Crippen LogP contribution in [0.1, 0.15) is 5.56 Å². The number of ether oxygens (including phenoxy) is 1. The van der Waals surface area contributed by atoms with E-state index < -0.39 is 0 Å². The molecular formula is C22H25FN6O2S. The minimum absolute atomic E-state index is 0.0360. The maximum absolute atomic E-state index is 14.1. The molecule has 2 fully saturated rings. The third-order valence-electron chi connectivity index (χ3n) is 5.70. The minimum atomic E-state index is -0.327. The monoisotopic (exact) mass is 456 g/mol. The molecule has 32 heavy (non-hydrogen) atoms. The van der Waals surface area contributed by atoms with E-state index in [4.69, 9.17) is 4.74 Å². The second-order valence-corrected chi connectivity index (χ2v) is 9.08. The van der Waals surface area contributed by atoms with Crippen molar-refractivity contribution in [1.29, 1.82) is 0 Å². The summed E-state index contributed by atoms with van der Waals surface area (Å²) in [5.41, 5.74) is 1.92. The number of anilines is 3. The molecule has 1 aromatic carbocycles. The Balaban J connectivity index is 1.17. The number of nitrogens with one attached hydrogen (secondary N) is 2. The molecule has 0 aliphatic carbocycles. The number of nitrogens with zero attached hydrogens (tertiary/aromatic N) is 4. The highest BCUT2D eigenvalue weighted by Crippen LogP contribution is 2.28. The number of carbonyl (C=O) groups excluding carboxylic acids is 1. The lowest BCUT2D eigenvalue weighted by molar-refractivity contribution is -0.116. The quantitative estimate of drug-likeness (QED) is 0.529. The lowest BCUT2D eigenvalue weighted by Gasteiger charge is -2.26. The molecule has 2 aromatic heterocycles. The third kappa shape index (κ3) is 4.88. The van der Waals surface area contributed by atoms with Crippen molar-refractivity contribution in [3.8, 4) is 0 Å². The van der Waals surface area contributed by atoms with Crippen molar-refractivity contribution in [3.05, 3.63) is 41.7 Å². The topological polar surface area (TPSA) is 82.4 Å². The van der Waals surface area contributed by atoms with Crippen LogP contribution in [0.3, 0.4) is 0 Å². The number of aryl methyl sites for hydroxylation is 1. The van der Waals surface area contributed by atoms with Crippen LogP contribution in [0.5, 0.6) is 0 Å². The molecule has 8 nitrogen and oxygen atoms in total. The summed E-state index contributed by atoms with van der Waals surface area (Å²) < 4.78 is 19.5. The minimum Gasteiger partial charge on any atom is -0.379 e. The van der Waals surface area contributed by atoms with Crippen LogP contribution in [0.25, 0.3) is 10.3 Å². The highest BCUT2D eigenvalue weighted by atomic mass is 32.1. The standard InChI is InChI=1S/C22H25FN6O2S/c1-14-2-3-16(15(23)12-14)24-19-5-4-17-21(26-19)32-22(25-17)27-20(30)18-13-29(18)7-6-28-8-10-31-11-9-28/h2-5,12,18H,6-11,13H2,1H3,(H,24,26)(H,25,27,30). The Kier molecular flexibility index (Phi) is 6.01. The van der Waals surface area contributed by atoms with Gasteiger partial charge in [0.1, 0.15) is 28.0 Å². The molecule has 0 radical (unpaired) electrons. The Morgan fingerprint density at radius 3 is 2.88 bits per heavy atom. The van der Waals surface area contributed by atoms with E-state index in [0.29, 0.717) is 27.0 Å². The summed E-state index contributed by atoms with van der Waals surface area (Å²) in [5, 5.41) is 6.45. The number of carbonyl (C=O) groups is 1. The van der Waals surface area contributed by atoms with Crippen molar-refractivity contribution in [3.63, 3.8) is 0 Å². The van der Waals surface area contributed by atoms with Crippen molar-refractivity contribution in [2.75, 3.05) is 56.6 Å². The summed E-state index contributed by atoms with van der Waals surface area (Å²) in [4.78, 5) is 26.8. The predicted octanol–water partition coefficient (Wildman–Crippen LogP) is 2.84. The molecule has 2 N–H and O–H groups in total. The van der Waals surface area contributed by atoms with Gasteiger partial charge in [0.15, 0.2) is 5.13 Å². The van der Waals surface area contributed by atoms with Gasteiger partial charge in [-0.3, -0.25) is 14.6 Å². The van der Waals surface area contributed by atoms with E-state index in [1.54, 1.807) is 12.1 Å². The number of benzene rings is 1. The molecule has 2 atom stereocenters. The number of hydrogen-bond acceptors (Lipinski definition) is 8. The van der Waals surface area contributed by atoms with Crippen molar-refractivity contribution in [2.45, 2.75) is 13.0 Å². The molecule has 2 unspecified atom stereocenters. The number of amides is 1. The molecule has 4 heterocycles. The van der Waals surface area contributed by atoms with E-state index >= 15 is 0 Å². The molecule has 168 valence electrons. The lowest BCUT2D eigenvalue weighted by atomic mass is 10.2. The van der Waals surface area contributed by atoms with E-state index in [2.05, 4.69) is 30.4 Å². The predicted molar refractivity (Wildman–Crippen MR) is 123 cm³/mol.